The van der Waals surface area contributed by atoms with E-state index >= 15 is 0 Å². The Morgan fingerprint density at radius 3 is 2.81 bits per heavy atom. The second-order valence-electron chi connectivity index (χ2n) is 5.19. The monoisotopic (exact) mass is 306 g/mol. The SMILES string of the molecule is CCC(C)n1ccc(CC(C(=O)O)c2cccc(Cl)c2)n1. The maximum Gasteiger partial charge on any atom is 0.311 e. The van der Waals surface area contributed by atoms with Crippen molar-refractivity contribution >= 4 is 17.6 Å². The molecule has 1 heterocycles. The van der Waals surface area contributed by atoms with E-state index in [-0.39, 0.29) is 0 Å². The topological polar surface area (TPSA) is 55.1 Å². The predicted octanol–water partition coefficient (Wildman–Crippen LogP) is 3.92. The normalized spacial score (nSPS) is 13.9. The van der Waals surface area contributed by atoms with E-state index in [1.807, 2.05) is 16.9 Å². The first-order valence-corrected chi connectivity index (χ1v) is 7.41. The quantitative estimate of drug-likeness (QED) is 0.880. The Kier molecular flexibility index (Phi) is 5.02. The number of benzene rings is 1. The third-order valence-electron chi connectivity index (χ3n) is 3.67. The lowest BCUT2D eigenvalue weighted by molar-refractivity contribution is -0.138. The van der Waals surface area contributed by atoms with Crippen LogP contribution in [0.1, 0.15) is 43.5 Å². The summed E-state index contributed by atoms with van der Waals surface area (Å²) in [7, 11) is 0. The van der Waals surface area contributed by atoms with E-state index in [9.17, 15) is 9.90 Å². The summed E-state index contributed by atoms with van der Waals surface area (Å²) in [5.41, 5.74) is 1.48. The fourth-order valence-corrected chi connectivity index (χ4v) is 2.40. The lowest BCUT2D eigenvalue weighted by Crippen LogP contribution is -2.15. The summed E-state index contributed by atoms with van der Waals surface area (Å²) in [6.07, 6.45) is 3.25. The van der Waals surface area contributed by atoms with Crippen molar-refractivity contribution in [1.82, 2.24) is 9.78 Å². The summed E-state index contributed by atoms with van der Waals surface area (Å²) in [4.78, 5) is 11.5. The van der Waals surface area contributed by atoms with Gasteiger partial charge in [0.2, 0.25) is 0 Å². The van der Waals surface area contributed by atoms with Crippen LogP contribution in [-0.4, -0.2) is 20.9 Å². The number of rotatable bonds is 6. The highest BCUT2D eigenvalue weighted by Crippen LogP contribution is 2.24. The van der Waals surface area contributed by atoms with Crippen molar-refractivity contribution in [3.05, 3.63) is 52.8 Å². The van der Waals surface area contributed by atoms with E-state index in [1.54, 1.807) is 24.3 Å². The molecule has 1 aromatic heterocycles. The number of hydrogen-bond acceptors (Lipinski definition) is 2. The van der Waals surface area contributed by atoms with Crippen molar-refractivity contribution in [2.45, 2.75) is 38.6 Å². The highest BCUT2D eigenvalue weighted by atomic mass is 35.5. The number of hydrogen-bond donors (Lipinski definition) is 1. The number of nitrogens with zero attached hydrogens (tertiary/aromatic N) is 2. The third kappa shape index (κ3) is 3.85. The lowest BCUT2D eigenvalue weighted by atomic mass is 9.94. The molecule has 4 nitrogen and oxygen atoms in total. The van der Waals surface area contributed by atoms with Gasteiger partial charge >= 0.3 is 5.97 Å². The number of aliphatic carboxylic acids is 1. The van der Waals surface area contributed by atoms with Gasteiger partial charge in [0, 0.05) is 23.7 Å². The molecule has 5 heteroatoms. The van der Waals surface area contributed by atoms with Crippen LogP contribution in [0.2, 0.25) is 5.02 Å². The Morgan fingerprint density at radius 2 is 2.19 bits per heavy atom. The molecule has 0 aliphatic rings. The number of carboxylic acid groups (broad SMARTS) is 1. The minimum Gasteiger partial charge on any atom is -0.481 e. The molecule has 0 bridgehead atoms. The van der Waals surface area contributed by atoms with E-state index in [0.717, 1.165) is 12.1 Å². The first-order chi connectivity index (χ1) is 10.0. The van der Waals surface area contributed by atoms with Gasteiger partial charge in [-0.2, -0.15) is 5.10 Å². The molecular weight excluding hydrogens is 288 g/mol. The van der Waals surface area contributed by atoms with Crippen LogP contribution in [-0.2, 0) is 11.2 Å². The fourth-order valence-electron chi connectivity index (χ4n) is 2.20. The highest BCUT2D eigenvalue weighted by Gasteiger charge is 2.22. The fraction of sp³-hybridized carbons (Fsp3) is 0.375. The van der Waals surface area contributed by atoms with Gasteiger partial charge in [0.15, 0.2) is 0 Å². The minimum absolute atomic E-state index is 0.313. The summed E-state index contributed by atoms with van der Waals surface area (Å²) in [6.45, 7) is 4.18. The zero-order valence-corrected chi connectivity index (χ0v) is 12.9. The molecule has 0 amide bonds. The Hall–Kier alpha value is -1.81. The van der Waals surface area contributed by atoms with Crippen LogP contribution in [0.3, 0.4) is 0 Å². The summed E-state index contributed by atoms with van der Waals surface area (Å²) in [5.74, 6) is -1.50. The Morgan fingerprint density at radius 1 is 1.43 bits per heavy atom. The lowest BCUT2D eigenvalue weighted by Gasteiger charge is -2.12. The Bertz CT molecular complexity index is 624. The van der Waals surface area contributed by atoms with Gasteiger partial charge in [0.1, 0.15) is 0 Å². The van der Waals surface area contributed by atoms with Gasteiger partial charge in [-0.3, -0.25) is 9.48 Å². The standard InChI is InChI=1S/C16H19ClN2O2/c1-3-11(2)19-8-7-14(18-19)10-15(16(20)21)12-5-4-6-13(17)9-12/h4-9,11,15H,3,10H2,1-2H3,(H,20,21). The van der Waals surface area contributed by atoms with Crippen LogP contribution in [0.4, 0.5) is 0 Å². The van der Waals surface area contributed by atoms with Crippen molar-refractivity contribution in [3.8, 4) is 0 Å². The van der Waals surface area contributed by atoms with Crippen molar-refractivity contribution in [2.75, 3.05) is 0 Å². The molecular formula is C16H19ClN2O2. The van der Waals surface area contributed by atoms with Gasteiger partial charge in [0.05, 0.1) is 11.6 Å². The van der Waals surface area contributed by atoms with E-state index in [0.29, 0.717) is 23.0 Å². The molecule has 112 valence electrons. The van der Waals surface area contributed by atoms with Gasteiger partial charge in [-0.05, 0) is 37.1 Å². The van der Waals surface area contributed by atoms with Crippen LogP contribution in [0.15, 0.2) is 36.5 Å². The average Bonchev–Trinajstić information content (AvgIpc) is 2.92. The first kappa shape index (κ1) is 15.6. The summed E-state index contributed by atoms with van der Waals surface area (Å²) in [5, 5.41) is 14.5. The van der Waals surface area contributed by atoms with Crippen LogP contribution in [0.25, 0.3) is 0 Å². The van der Waals surface area contributed by atoms with Crippen LogP contribution in [0.5, 0.6) is 0 Å². The number of aromatic nitrogens is 2. The summed E-state index contributed by atoms with van der Waals surface area (Å²) < 4.78 is 1.88. The molecule has 0 fully saturated rings. The van der Waals surface area contributed by atoms with E-state index in [1.165, 1.54) is 0 Å². The van der Waals surface area contributed by atoms with Crippen molar-refractivity contribution in [3.63, 3.8) is 0 Å². The van der Waals surface area contributed by atoms with Crippen molar-refractivity contribution in [2.24, 2.45) is 0 Å². The first-order valence-electron chi connectivity index (χ1n) is 7.03. The third-order valence-corrected chi connectivity index (χ3v) is 3.90. The van der Waals surface area contributed by atoms with E-state index in [4.69, 9.17) is 11.6 Å². The van der Waals surface area contributed by atoms with Crippen LogP contribution >= 0.6 is 11.6 Å². The smallest absolute Gasteiger partial charge is 0.311 e. The maximum absolute atomic E-state index is 11.5. The van der Waals surface area contributed by atoms with E-state index < -0.39 is 11.9 Å². The molecule has 0 aliphatic carbocycles. The zero-order chi connectivity index (χ0) is 15.4. The van der Waals surface area contributed by atoms with Gasteiger partial charge in [0.25, 0.3) is 0 Å². The van der Waals surface area contributed by atoms with Crippen molar-refractivity contribution < 1.29 is 9.90 Å². The van der Waals surface area contributed by atoms with Gasteiger partial charge in [-0.25, -0.2) is 0 Å². The predicted molar refractivity (Wildman–Crippen MR) is 82.8 cm³/mol. The molecule has 0 saturated heterocycles. The number of halogens is 1. The second-order valence-corrected chi connectivity index (χ2v) is 5.63. The molecule has 0 saturated carbocycles. The maximum atomic E-state index is 11.5. The largest absolute Gasteiger partial charge is 0.481 e. The molecule has 2 unspecified atom stereocenters. The Balaban J connectivity index is 2.21. The van der Waals surface area contributed by atoms with Crippen LogP contribution < -0.4 is 0 Å². The second kappa shape index (κ2) is 6.76. The molecule has 2 atom stereocenters. The van der Waals surface area contributed by atoms with E-state index in [2.05, 4.69) is 18.9 Å². The number of carbonyl (C=O) groups is 1. The molecule has 2 rings (SSSR count). The molecule has 0 radical (unpaired) electrons. The number of carboxylic acids is 1. The van der Waals surface area contributed by atoms with Gasteiger partial charge in [-0.15, -0.1) is 0 Å². The zero-order valence-electron chi connectivity index (χ0n) is 12.2. The molecule has 2 aromatic rings. The average molecular weight is 307 g/mol. The van der Waals surface area contributed by atoms with Gasteiger partial charge in [-0.1, -0.05) is 30.7 Å². The molecule has 1 N–H and O–H groups in total. The molecule has 0 aliphatic heterocycles. The highest BCUT2D eigenvalue weighted by molar-refractivity contribution is 6.30. The molecule has 0 spiro atoms. The van der Waals surface area contributed by atoms with Gasteiger partial charge < -0.3 is 5.11 Å². The molecule has 21 heavy (non-hydrogen) atoms. The Labute approximate surface area is 129 Å². The molecule has 1 aromatic carbocycles. The van der Waals surface area contributed by atoms with Crippen LogP contribution in [0, 0.1) is 0 Å². The summed E-state index contributed by atoms with van der Waals surface area (Å²) >= 11 is 5.95. The van der Waals surface area contributed by atoms with Crippen molar-refractivity contribution in [1.29, 1.82) is 0 Å². The summed E-state index contributed by atoms with van der Waals surface area (Å²) in [6, 6.07) is 9.19. The minimum atomic E-state index is -0.865.